The monoisotopic (exact) mass is 666 g/mol. The Labute approximate surface area is 267 Å². The number of aliphatic hydroxyl groups excluding tert-OH is 4. The van der Waals surface area contributed by atoms with Crippen LogP contribution in [0, 0.1) is 5.92 Å². The summed E-state index contributed by atoms with van der Waals surface area (Å²) in [7, 11) is -4.74. The molecular formula is C31H42N2O12S. The van der Waals surface area contributed by atoms with Gasteiger partial charge in [-0.15, -0.1) is 0 Å². The summed E-state index contributed by atoms with van der Waals surface area (Å²) < 4.78 is 51.8. The molecule has 0 spiro atoms. The number of nitrogens with one attached hydrogen (secondary N) is 2. The number of benzene rings is 2. The van der Waals surface area contributed by atoms with Crippen molar-refractivity contribution in [3.05, 3.63) is 48.0 Å². The average Bonchev–Trinajstić information content (AvgIpc) is 3.06. The second-order valence-corrected chi connectivity index (χ2v) is 12.9. The van der Waals surface area contributed by atoms with Gasteiger partial charge in [0.15, 0.2) is 12.0 Å². The molecular weight excluding hydrogens is 624 g/mol. The van der Waals surface area contributed by atoms with Gasteiger partial charge >= 0.3 is 11.9 Å². The van der Waals surface area contributed by atoms with E-state index in [-0.39, 0.29) is 28.7 Å². The first-order valence-electron chi connectivity index (χ1n) is 15.4. The number of ether oxygens (including phenoxy) is 4. The minimum Gasteiger partial charge on any atom is -0.454 e. The number of anilines is 1. The lowest BCUT2D eigenvalue weighted by molar-refractivity contribution is -0.231. The molecule has 0 bridgehead atoms. The minimum atomic E-state index is -4.74. The molecule has 1 heterocycles. The van der Waals surface area contributed by atoms with Crippen LogP contribution in [0.5, 0.6) is 11.5 Å². The van der Waals surface area contributed by atoms with Crippen molar-refractivity contribution in [3.8, 4) is 11.5 Å². The van der Waals surface area contributed by atoms with Gasteiger partial charge in [-0.1, -0.05) is 50.8 Å². The van der Waals surface area contributed by atoms with E-state index in [9.17, 15) is 38.4 Å². The Balaban J connectivity index is 1.67. The summed E-state index contributed by atoms with van der Waals surface area (Å²) in [4.78, 5) is 25.0. The van der Waals surface area contributed by atoms with Gasteiger partial charge in [0.1, 0.15) is 35.1 Å². The summed E-state index contributed by atoms with van der Waals surface area (Å²) in [6.07, 6.45) is -2.86. The van der Waals surface area contributed by atoms with Gasteiger partial charge in [0.2, 0.25) is 16.8 Å². The molecule has 1 saturated heterocycles. The zero-order valence-electron chi connectivity index (χ0n) is 25.5. The molecule has 2 aromatic carbocycles. The molecule has 1 aliphatic heterocycles. The largest absolute Gasteiger partial charge is 0.454 e. The first-order valence-corrected chi connectivity index (χ1v) is 16.9. The van der Waals surface area contributed by atoms with Crippen LogP contribution in [0.2, 0.25) is 0 Å². The zero-order valence-corrected chi connectivity index (χ0v) is 26.4. The average molecular weight is 667 g/mol. The first kappa shape index (κ1) is 35.5. The van der Waals surface area contributed by atoms with Crippen LogP contribution in [0.1, 0.15) is 62.2 Å². The third kappa shape index (κ3) is 8.94. The molecule has 0 amide bonds. The highest BCUT2D eigenvalue weighted by atomic mass is 32.2. The van der Waals surface area contributed by atoms with E-state index in [0.717, 1.165) is 31.7 Å². The second kappa shape index (κ2) is 16.5. The van der Waals surface area contributed by atoms with E-state index < -0.39 is 70.9 Å². The maximum absolute atomic E-state index is 13.9. The van der Waals surface area contributed by atoms with Crippen molar-refractivity contribution in [1.82, 2.24) is 4.72 Å². The van der Waals surface area contributed by atoms with Gasteiger partial charge in [-0.05, 0) is 43.5 Å². The number of rotatable bonds is 14. The van der Waals surface area contributed by atoms with Crippen molar-refractivity contribution in [3.63, 3.8) is 0 Å². The third-order valence-electron chi connectivity index (χ3n) is 7.88. The molecule has 0 aromatic heterocycles. The van der Waals surface area contributed by atoms with Crippen LogP contribution in [0.15, 0.2) is 47.4 Å². The number of carbonyl (C=O) groups is 2. The van der Waals surface area contributed by atoms with Crippen molar-refractivity contribution in [2.45, 2.75) is 87.4 Å². The standard InChI is InChI=1S/C31H42N2O12S/c1-2-3-14-32-22-15-20(31(39)43-18-42-30(38)19-10-6-4-7-11-19)16-24(28(22)44-21-12-8-5-9-13-21)46(40,41)33-29-27(37)26(36)25(35)23(17-34)45-29/h5,8-9,12-13,15-16,19,23,25-27,29,32-37H,2-4,6-7,10-11,14,17-18H2,1H3/t23-,25-,26+,27?,29?/m1/s1. The number of carbonyl (C=O) groups excluding carboxylic acids is 2. The van der Waals surface area contributed by atoms with Gasteiger partial charge in [0.05, 0.1) is 23.8 Å². The highest BCUT2D eigenvalue weighted by Crippen LogP contribution is 2.38. The van der Waals surface area contributed by atoms with Crippen LogP contribution in [0.3, 0.4) is 0 Å². The molecule has 6 N–H and O–H groups in total. The SMILES string of the molecule is CCCCNc1cc(C(=O)OCOC(=O)C2CCCCC2)cc(S(=O)(=O)NC2O[C@H](CO)[C@@H](O)[C@H](O)C2O)c1Oc1ccccc1. The number of sulfonamides is 1. The van der Waals surface area contributed by atoms with Gasteiger partial charge in [0, 0.05) is 6.54 Å². The predicted octanol–water partition coefficient (Wildman–Crippen LogP) is 2.01. The summed E-state index contributed by atoms with van der Waals surface area (Å²) in [6, 6.07) is 10.7. The molecule has 5 atom stereocenters. The van der Waals surface area contributed by atoms with Crippen molar-refractivity contribution in [1.29, 1.82) is 0 Å². The van der Waals surface area contributed by atoms with Crippen LogP contribution in [-0.2, 0) is 29.0 Å². The normalized spacial score (nSPS) is 23.8. The predicted molar refractivity (Wildman–Crippen MR) is 163 cm³/mol. The van der Waals surface area contributed by atoms with Crippen LogP contribution in [0.25, 0.3) is 0 Å². The number of aliphatic hydroxyl groups is 4. The van der Waals surface area contributed by atoms with Crippen LogP contribution < -0.4 is 14.8 Å². The van der Waals surface area contributed by atoms with Crippen molar-refractivity contribution in [2.75, 3.05) is 25.3 Å². The van der Waals surface area contributed by atoms with E-state index in [2.05, 4.69) is 10.0 Å². The molecule has 2 fully saturated rings. The lowest BCUT2D eigenvalue weighted by atomic mass is 9.89. The summed E-state index contributed by atoms with van der Waals surface area (Å²) >= 11 is 0. The van der Waals surface area contributed by atoms with E-state index in [0.29, 0.717) is 25.8 Å². The van der Waals surface area contributed by atoms with Crippen LogP contribution >= 0.6 is 0 Å². The number of hydrogen-bond donors (Lipinski definition) is 6. The van der Waals surface area contributed by atoms with E-state index in [1.165, 1.54) is 6.07 Å². The molecule has 1 saturated carbocycles. The van der Waals surface area contributed by atoms with Crippen molar-refractivity contribution < 1.29 is 57.4 Å². The molecule has 4 rings (SSSR count). The van der Waals surface area contributed by atoms with Gasteiger partial charge in [-0.2, -0.15) is 4.72 Å². The minimum absolute atomic E-state index is 0.125. The molecule has 2 unspecified atom stereocenters. The van der Waals surface area contributed by atoms with E-state index in [1.54, 1.807) is 30.3 Å². The quantitative estimate of drug-likeness (QED) is 0.0970. The number of esters is 2. The van der Waals surface area contributed by atoms with E-state index in [4.69, 9.17) is 18.9 Å². The molecule has 0 radical (unpaired) electrons. The summed E-state index contributed by atoms with van der Waals surface area (Å²) in [5.41, 5.74) is -0.0950. The Bertz CT molecular complexity index is 1420. The number of para-hydroxylation sites is 1. The number of unbranched alkanes of at least 4 members (excludes halogenated alkanes) is 1. The molecule has 2 aliphatic rings. The molecule has 2 aromatic rings. The topological polar surface area (TPSA) is 210 Å². The Kier molecular flexibility index (Phi) is 12.7. The number of hydrogen-bond acceptors (Lipinski definition) is 13. The molecule has 1 aliphatic carbocycles. The Morgan fingerprint density at radius 3 is 2.37 bits per heavy atom. The summed E-state index contributed by atoms with van der Waals surface area (Å²) in [6.45, 7) is 0.911. The van der Waals surface area contributed by atoms with Crippen LogP contribution in [0.4, 0.5) is 5.69 Å². The highest BCUT2D eigenvalue weighted by Gasteiger charge is 2.45. The van der Waals surface area contributed by atoms with E-state index in [1.807, 2.05) is 6.92 Å². The van der Waals surface area contributed by atoms with Crippen LogP contribution in [-0.4, -0.2) is 91.4 Å². The lowest BCUT2D eigenvalue weighted by Gasteiger charge is -2.40. The fraction of sp³-hybridized carbons (Fsp3) is 0.548. The van der Waals surface area contributed by atoms with Crippen molar-refractivity contribution >= 4 is 27.6 Å². The second-order valence-electron chi connectivity index (χ2n) is 11.3. The molecule has 14 nitrogen and oxygen atoms in total. The fourth-order valence-electron chi connectivity index (χ4n) is 5.26. The maximum atomic E-state index is 13.9. The summed E-state index contributed by atoms with van der Waals surface area (Å²) in [5, 5.41) is 43.5. The third-order valence-corrected chi connectivity index (χ3v) is 9.31. The molecule has 46 heavy (non-hydrogen) atoms. The molecule has 254 valence electrons. The Hall–Kier alpha value is -3.31. The van der Waals surface area contributed by atoms with Gasteiger partial charge in [0.25, 0.3) is 0 Å². The zero-order chi connectivity index (χ0) is 33.3. The first-order chi connectivity index (χ1) is 22.1. The molecule has 15 heteroatoms. The summed E-state index contributed by atoms with van der Waals surface area (Å²) in [5.74, 6) is -1.63. The van der Waals surface area contributed by atoms with Gasteiger partial charge in [-0.3, -0.25) is 4.79 Å². The maximum Gasteiger partial charge on any atom is 0.341 e. The Morgan fingerprint density at radius 1 is 0.978 bits per heavy atom. The fourth-order valence-corrected chi connectivity index (χ4v) is 6.56. The van der Waals surface area contributed by atoms with E-state index >= 15 is 0 Å². The lowest BCUT2D eigenvalue weighted by Crippen LogP contribution is -2.63. The van der Waals surface area contributed by atoms with Crippen molar-refractivity contribution in [2.24, 2.45) is 5.92 Å². The smallest absolute Gasteiger partial charge is 0.341 e. The van der Waals surface area contributed by atoms with Gasteiger partial charge < -0.3 is 44.7 Å². The highest BCUT2D eigenvalue weighted by molar-refractivity contribution is 7.89. The Morgan fingerprint density at radius 2 is 1.70 bits per heavy atom. The van der Waals surface area contributed by atoms with Gasteiger partial charge in [-0.25, -0.2) is 13.2 Å².